The fourth-order valence-corrected chi connectivity index (χ4v) is 1.83. The van der Waals surface area contributed by atoms with E-state index in [0.717, 1.165) is 32.5 Å². The van der Waals surface area contributed by atoms with Crippen LogP contribution in [0.2, 0.25) is 0 Å². The molecule has 1 rings (SSSR count). The second kappa shape index (κ2) is 6.80. The molecule has 0 saturated carbocycles. The number of nitrogens with one attached hydrogen (secondary N) is 2. The molecule has 1 amide bonds. The maximum absolute atomic E-state index is 11.5. The van der Waals surface area contributed by atoms with Crippen molar-refractivity contribution in [2.45, 2.75) is 45.2 Å². The van der Waals surface area contributed by atoms with Crippen LogP contribution in [-0.2, 0) is 9.53 Å². The van der Waals surface area contributed by atoms with Gasteiger partial charge in [-0.15, -0.1) is 0 Å². The first-order valence-corrected chi connectivity index (χ1v) is 5.85. The Bertz CT molecular complexity index is 189. The summed E-state index contributed by atoms with van der Waals surface area (Å²) in [7, 11) is 0. The number of amides is 1. The Kier molecular flexibility index (Phi) is 5.65. The zero-order valence-corrected chi connectivity index (χ0v) is 9.71. The third-order valence-corrected chi connectivity index (χ3v) is 2.68. The van der Waals surface area contributed by atoms with E-state index >= 15 is 0 Å². The van der Waals surface area contributed by atoms with Gasteiger partial charge in [-0.05, 0) is 33.1 Å². The average Bonchev–Trinajstić information content (AvgIpc) is 2.46. The number of ether oxygens (including phenoxy) is 1. The first-order valence-electron chi connectivity index (χ1n) is 5.85. The van der Waals surface area contributed by atoms with Crippen LogP contribution < -0.4 is 10.6 Å². The third kappa shape index (κ3) is 4.62. The van der Waals surface area contributed by atoms with Crippen LogP contribution >= 0.6 is 0 Å². The minimum absolute atomic E-state index is 0.0858. The SMILES string of the molecule is CCNC(=O)C(C)NC1CCCOCC1. The highest BCUT2D eigenvalue weighted by Gasteiger charge is 2.18. The van der Waals surface area contributed by atoms with Crippen molar-refractivity contribution in [3.8, 4) is 0 Å². The zero-order chi connectivity index (χ0) is 11.1. The second-order valence-electron chi connectivity index (χ2n) is 4.02. The molecule has 0 aromatic carbocycles. The van der Waals surface area contributed by atoms with Gasteiger partial charge in [-0.2, -0.15) is 0 Å². The molecular weight excluding hydrogens is 192 g/mol. The Morgan fingerprint density at radius 3 is 3.00 bits per heavy atom. The van der Waals surface area contributed by atoms with E-state index in [1.807, 2.05) is 13.8 Å². The quantitative estimate of drug-likeness (QED) is 0.723. The highest BCUT2D eigenvalue weighted by atomic mass is 16.5. The molecule has 2 unspecified atom stereocenters. The van der Waals surface area contributed by atoms with Gasteiger partial charge in [-0.3, -0.25) is 4.79 Å². The van der Waals surface area contributed by atoms with Gasteiger partial charge in [-0.1, -0.05) is 0 Å². The highest BCUT2D eigenvalue weighted by molar-refractivity contribution is 5.81. The van der Waals surface area contributed by atoms with Crippen LogP contribution in [0.1, 0.15) is 33.1 Å². The first kappa shape index (κ1) is 12.5. The third-order valence-electron chi connectivity index (χ3n) is 2.68. The summed E-state index contributed by atoms with van der Waals surface area (Å²) in [6, 6.07) is 0.318. The van der Waals surface area contributed by atoms with E-state index in [9.17, 15) is 4.79 Å². The highest BCUT2D eigenvalue weighted by Crippen LogP contribution is 2.08. The lowest BCUT2D eigenvalue weighted by Gasteiger charge is -2.20. The lowest BCUT2D eigenvalue weighted by molar-refractivity contribution is -0.122. The molecule has 0 spiro atoms. The van der Waals surface area contributed by atoms with Crippen molar-refractivity contribution in [2.75, 3.05) is 19.8 Å². The lowest BCUT2D eigenvalue weighted by atomic mass is 10.1. The standard InChI is InChI=1S/C11H22N2O2/c1-3-12-11(14)9(2)13-10-5-4-7-15-8-6-10/h9-10,13H,3-8H2,1-2H3,(H,12,14). The summed E-state index contributed by atoms with van der Waals surface area (Å²) in [4.78, 5) is 11.5. The Labute approximate surface area is 91.8 Å². The summed E-state index contributed by atoms with van der Waals surface area (Å²) in [5, 5.41) is 6.17. The molecule has 0 radical (unpaired) electrons. The number of likely N-dealkylation sites (N-methyl/N-ethyl adjacent to an activating group) is 1. The van der Waals surface area contributed by atoms with Gasteiger partial charge >= 0.3 is 0 Å². The maximum Gasteiger partial charge on any atom is 0.236 e. The number of carbonyl (C=O) groups excluding carboxylic acids is 1. The summed E-state index contributed by atoms with van der Waals surface area (Å²) in [5.74, 6) is 0.0858. The number of hydrogen-bond acceptors (Lipinski definition) is 3. The van der Waals surface area contributed by atoms with Crippen molar-refractivity contribution in [3.05, 3.63) is 0 Å². The van der Waals surface area contributed by atoms with Crippen molar-refractivity contribution < 1.29 is 9.53 Å². The molecule has 0 aromatic rings. The van der Waals surface area contributed by atoms with Gasteiger partial charge < -0.3 is 15.4 Å². The van der Waals surface area contributed by atoms with Crippen molar-refractivity contribution >= 4 is 5.91 Å². The predicted molar refractivity (Wildman–Crippen MR) is 59.7 cm³/mol. The van der Waals surface area contributed by atoms with Crippen molar-refractivity contribution in [1.82, 2.24) is 10.6 Å². The Morgan fingerprint density at radius 1 is 1.47 bits per heavy atom. The molecule has 1 fully saturated rings. The van der Waals surface area contributed by atoms with E-state index in [0.29, 0.717) is 12.6 Å². The van der Waals surface area contributed by atoms with Gasteiger partial charge in [0, 0.05) is 25.8 Å². The first-order chi connectivity index (χ1) is 7.24. The van der Waals surface area contributed by atoms with E-state index in [2.05, 4.69) is 10.6 Å². The van der Waals surface area contributed by atoms with Gasteiger partial charge in [0.2, 0.25) is 5.91 Å². The molecule has 2 N–H and O–H groups in total. The Hall–Kier alpha value is -0.610. The van der Waals surface area contributed by atoms with Crippen LogP contribution in [0.15, 0.2) is 0 Å². The van der Waals surface area contributed by atoms with E-state index in [4.69, 9.17) is 4.74 Å². The fourth-order valence-electron chi connectivity index (χ4n) is 1.83. The molecule has 15 heavy (non-hydrogen) atoms. The molecule has 0 aliphatic carbocycles. The van der Waals surface area contributed by atoms with Gasteiger partial charge in [0.05, 0.1) is 6.04 Å². The summed E-state index contributed by atoms with van der Waals surface area (Å²) in [6.07, 6.45) is 3.19. The molecule has 88 valence electrons. The smallest absolute Gasteiger partial charge is 0.236 e. The van der Waals surface area contributed by atoms with Gasteiger partial charge in [0.1, 0.15) is 0 Å². The minimum Gasteiger partial charge on any atom is -0.381 e. The number of carbonyl (C=O) groups is 1. The Morgan fingerprint density at radius 2 is 2.27 bits per heavy atom. The molecular formula is C11H22N2O2. The molecule has 1 aliphatic rings. The van der Waals surface area contributed by atoms with E-state index in [1.165, 1.54) is 0 Å². The van der Waals surface area contributed by atoms with E-state index < -0.39 is 0 Å². The molecule has 1 saturated heterocycles. The van der Waals surface area contributed by atoms with E-state index in [-0.39, 0.29) is 11.9 Å². The predicted octanol–water partition coefficient (Wildman–Crippen LogP) is 0.670. The van der Waals surface area contributed by atoms with Crippen molar-refractivity contribution in [2.24, 2.45) is 0 Å². The summed E-state index contributed by atoms with van der Waals surface area (Å²) >= 11 is 0. The summed E-state index contributed by atoms with van der Waals surface area (Å²) < 4.78 is 5.37. The van der Waals surface area contributed by atoms with Crippen LogP contribution in [0.25, 0.3) is 0 Å². The van der Waals surface area contributed by atoms with E-state index in [1.54, 1.807) is 0 Å². The Balaban J connectivity index is 2.28. The van der Waals surface area contributed by atoms with Crippen LogP contribution in [0.5, 0.6) is 0 Å². The molecule has 4 heteroatoms. The molecule has 2 atom stereocenters. The maximum atomic E-state index is 11.5. The van der Waals surface area contributed by atoms with Crippen LogP contribution in [0, 0.1) is 0 Å². The molecule has 4 nitrogen and oxygen atoms in total. The number of rotatable bonds is 4. The van der Waals surface area contributed by atoms with Crippen LogP contribution in [0.4, 0.5) is 0 Å². The topological polar surface area (TPSA) is 50.4 Å². The van der Waals surface area contributed by atoms with Gasteiger partial charge in [0.15, 0.2) is 0 Å². The van der Waals surface area contributed by atoms with Gasteiger partial charge in [0.25, 0.3) is 0 Å². The second-order valence-corrected chi connectivity index (χ2v) is 4.02. The zero-order valence-electron chi connectivity index (χ0n) is 9.71. The molecule has 1 heterocycles. The van der Waals surface area contributed by atoms with Crippen LogP contribution in [0.3, 0.4) is 0 Å². The summed E-state index contributed by atoms with van der Waals surface area (Å²) in [5.41, 5.74) is 0. The number of hydrogen-bond donors (Lipinski definition) is 2. The minimum atomic E-state index is -0.104. The lowest BCUT2D eigenvalue weighted by Crippen LogP contribution is -2.46. The normalized spacial score (nSPS) is 24.3. The largest absolute Gasteiger partial charge is 0.381 e. The van der Waals surface area contributed by atoms with Gasteiger partial charge in [-0.25, -0.2) is 0 Å². The molecule has 0 bridgehead atoms. The molecule has 1 aliphatic heterocycles. The van der Waals surface area contributed by atoms with Crippen molar-refractivity contribution in [3.63, 3.8) is 0 Å². The summed E-state index contributed by atoms with van der Waals surface area (Å²) in [6.45, 7) is 6.20. The molecule has 0 aromatic heterocycles. The van der Waals surface area contributed by atoms with Crippen molar-refractivity contribution in [1.29, 1.82) is 0 Å². The monoisotopic (exact) mass is 214 g/mol. The average molecular weight is 214 g/mol. The fraction of sp³-hybridized carbons (Fsp3) is 0.909. The van der Waals surface area contributed by atoms with Crippen LogP contribution in [-0.4, -0.2) is 37.7 Å².